The summed E-state index contributed by atoms with van der Waals surface area (Å²) < 4.78 is 11.2. The molecule has 0 saturated heterocycles. The van der Waals surface area contributed by atoms with Crippen LogP contribution in [0.5, 0.6) is 0 Å². The van der Waals surface area contributed by atoms with Crippen LogP contribution in [0.15, 0.2) is 27.4 Å². The summed E-state index contributed by atoms with van der Waals surface area (Å²) in [6, 6.07) is 2.00. The van der Waals surface area contributed by atoms with Crippen molar-refractivity contribution in [3.05, 3.63) is 46.8 Å². The maximum absolute atomic E-state index is 5.94. The lowest BCUT2D eigenvalue weighted by atomic mass is 10.1. The Hall–Kier alpha value is -4.62. The number of rotatable bonds is 11. The topological polar surface area (TPSA) is 200 Å². The zero-order chi connectivity index (χ0) is 26.5. The Morgan fingerprint density at radius 1 is 0.811 bits per heavy atom. The van der Waals surface area contributed by atoms with Crippen LogP contribution in [0.1, 0.15) is 28.2 Å². The van der Waals surface area contributed by atoms with Gasteiger partial charge in [0.15, 0.2) is 0 Å². The first-order valence-corrected chi connectivity index (χ1v) is 11.7. The van der Waals surface area contributed by atoms with Crippen LogP contribution in [0, 0.1) is 13.8 Å². The number of nitrogen functional groups attached to an aromatic ring is 3. The third-order valence-corrected chi connectivity index (χ3v) is 5.80. The van der Waals surface area contributed by atoms with Crippen molar-refractivity contribution in [3.8, 4) is 0 Å². The molecule has 0 radical (unpaired) electrons. The Bertz CT molecular complexity index is 1330. The fraction of sp³-hybridized carbons (Fsp3) is 0.391. The van der Waals surface area contributed by atoms with E-state index in [9.17, 15) is 0 Å². The average Bonchev–Trinajstić information content (AvgIpc) is 3.41. The molecule has 0 amide bonds. The van der Waals surface area contributed by atoms with Gasteiger partial charge in [-0.05, 0) is 49.4 Å². The van der Waals surface area contributed by atoms with Gasteiger partial charge in [-0.1, -0.05) is 0 Å². The highest BCUT2D eigenvalue weighted by atomic mass is 16.3. The summed E-state index contributed by atoms with van der Waals surface area (Å²) in [5.74, 6) is 3.27. The van der Waals surface area contributed by atoms with E-state index in [1.165, 1.54) is 0 Å². The number of aryl methyl sites for hydroxylation is 1. The molecule has 0 saturated carbocycles. The second-order valence-corrected chi connectivity index (χ2v) is 8.75. The Labute approximate surface area is 214 Å². The van der Waals surface area contributed by atoms with E-state index in [2.05, 4.69) is 35.2 Å². The summed E-state index contributed by atoms with van der Waals surface area (Å²) in [5.41, 5.74) is 20.5. The predicted molar refractivity (Wildman–Crippen MR) is 141 cm³/mol. The van der Waals surface area contributed by atoms with Crippen LogP contribution < -0.4 is 32.3 Å². The number of nitrogens with two attached hydrogens (primary N) is 3. The lowest BCUT2D eigenvalue weighted by molar-refractivity contribution is 0.501. The van der Waals surface area contributed by atoms with Gasteiger partial charge in [0.05, 0.1) is 19.1 Å². The number of aromatic nitrogens is 6. The molecule has 7 N–H and O–H groups in total. The van der Waals surface area contributed by atoms with E-state index in [0.717, 1.165) is 34.6 Å². The maximum Gasteiger partial charge on any atom is 0.232 e. The van der Waals surface area contributed by atoms with Crippen molar-refractivity contribution >= 4 is 35.7 Å². The third-order valence-electron chi connectivity index (χ3n) is 5.80. The first-order chi connectivity index (χ1) is 17.7. The third kappa shape index (κ3) is 6.54. The molecule has 4 aromatic rings. The Morgan fingerprint density at radius 2 is 1.49 bits per heavy atom. The zero-order valence-electron chi connectivity index (χ0n) is 21.4. The van der Waals surface area contributed by atoms with Crippen LogP contribution in [0.3, 0.4) is 0 Å². The first kappa shape index (κ1) is 25.5. The van der Waals surface area contributed by atoms with Crippen LogP contribution in [-0.2, 0) is 19.4 Å². The fourth-order valence-corrected chi connectivity index (χ4v) is 3.72. The Balaban J connectivity index is 1.35. The van der Waals surface area contributed by atoms with Crippen LogP contribution >= 0.6 is 0 Å². The Kier molecular flexibility index (Phi) is 7.55. The molecule has 4 heterocycles. The molecule has 37 heavy (non-hydrogen) atoms. The molecule has 0 unspecified atom stereocenters. The lowest BCUT2D eigenvalue weighted by Crippen LogP contribution is -2.24. The minimum atomic E-state index is 0.0875. The van der Waals surface area contributed by atoms with E-state index in [4.69, 9.17) is 26.0 Å². The summed E-state index contributed by atoms with van der Waals surface area (Å²) in [4.78, 5) is 28.8. The lowest BCUT2D eigenvalue weighted by Gasteiger charge is -2.18. The van der Waals surface area contributed by atoms with Crippen molar-refractivity contribution in [1.82, 2.24) is 29.9 Å². The molecular formula is C23H32N12O2. The smallest absolute Gasteiger partial charge is 0.232 e. The molecule has 4 rings (SSSR count). The van der Waals surface area contributed by atoms with Crippen LogP contribution in [0.4, 0.5) is 35.7 Å². The molecule has 0 aromatic carbocycles. The van der Waals surface area contributed by atoms with E-state index >= 15 is 0 Å². The molecule has 0 aliphatic heterocycles. The molecule has 0 aliphatic carbocycles. The molecule has 14 heteroatoms. The van der Waals surface area contributed by atoms with Crippen LogP contribution in [0.2, 0.25) is 0 Å². The molecule has 0 bridgehead atoms. The molecule has 4 aromatic heterocycles. The van der Waals surface area contributed by atoms with Gasteiger partial charge in [0.2, 0.25) is 35.7 Å². The van der Waals surface area contributed by atoms with E-state index in [-0.39, 0.29) is 17.8 Å². The normalized spacial score (nSPS) is 11.0. The molecular weight excluding hydrogens is 476 g/mol. The van der Waals surface area contributed by atoms with Gasteiger partial charge in [0.25, 0.3) is 0 Å². The summed E-state index contributed by atoms with van der Waals surface area (Å²) >= 11 is 0. The predicted octanol–water partition coefficient (Wildman–Crippen LogP) is 1.58. The number of nitrogens with one attached hydrogen (secondary N) is 1. The minimum Gasteiger partial charge on any atom is -0.469 e. The van der Waals surface area contributed by atoms with Crippen molar-refractivity contribution in [3.63, 3.8) is 0 Å². The van der Waals surface area contributed by atoms with Gasteiger partial charge in [-0.15, -0.1) is 0 Å². The Morgan fingerprint density at radius 3 is 2.16 bits per heavy atom. The largest absolute Gasteiger partial charge is 0.469 e. The molecule has 14 nitrogen and oxygen atoms in total. The average molecular weight is 509 g/mol. The van der Waals surface area contributed by atoms with Gasteiger partial charge in [-0.25, -0.2) is 0 Å². The van der Waals surface area contributed by atoms with E-state index in [1.54, 1.807) is 12.5 Å². The highest BCUT2D eigenvalue weighted by Crippen LogP contribution is 2.21. The van der Waals surface area contributed by atoms with Crippen molar-refractivity contribution < 1.29 is 8.83 Å². The monoisotopic (exact) mass is 508 g/mol. The number of likely N-dealkylation sites (N-methyl/N-ethyl adjacent to an activating group) is 1. The molecule has 0 spiro atoms. The van der Waals surface area contributed by atoms with Crippen molar-refractivity contribution in [1.29, 1.82) is 0 Å². The number of anilines is 6. The van der Waals surface area contributed by atoms with Crippen LogP contribution in [0.25, 0.3) is 0 Å². The summed E-state index contributed by atoms with van der Waals surface area (Å²) in [5, 5.41) is 3.20. The van der Waals surface area contributed by atoms with Gasteiger partial charge < -0.3 is 41.2 Å². The summed E-state index contributed by atoms with van der Waals surface area (Å²) in [6.07, 6.45) is 4.99. The van der Waals surface area contributed by atoms with Gasteiger partial charge in [0.1, 0.15) is 11.5 Å². The van der Waals surface area contributed by atoms with Gasteiger partial charge in [-0.2, -0.15) is 29.9 Å². The maximum atomic E-state index is 5.94. The highest BCUT2D eigenvalue weighted by molar-refractivity contribution is 5.43. The summed E-state index contributed by atoms with van der Waals surface area (Å²) in [7, 11) is 3.74. The second kappa shape index (κ2) is 11.0. The van der Waals surface area contributed by atoms with Crippen LogP contribution in [-0.4, -0.2) is 57.1 Å². The number of nitrogens with zero attached hydrogens (tertiary/aromatic N) is 8. The minimum absolute atomic E-state index is 0.0875. The van der Waals surface area contributed by atoms with Gasteiger partial charge in [-0.3, -0.25) is 0 Å². The van der Waals surface area contributed by atoms with Gasteiger partial charge >= 0.3 is 0 Å². The number of furan rings is 2. The number of hydrogen-bond acceptors (Lipinski definition) is 14. The zero-order valence-corrected chi connectivity index (χ0v) is 21.4. The SMILES string of the molecule is Cc1cc(CCNc2nc(N)nc(N(C)Cc3occ(CCN(C)c4nc(N)nc(N)n4)c3C)n2)co1. The molecule has 196 valence electrons. The molecule has 0 aliphatic rings. The first-order valence-electron chi connectivity index (χ1n) is 11.7. The van der Waals surface area contributed by atoms with E-state index in [0.29, 0.717) is 43.9 Å². The molecule has 0 fully saturated rings. The van der Waals surface area contributed by atoms with Crippen molar-refractivity contribution in [2.24, 2.45) is 0 Å². The van der Waals surface area contributed by atoms with E-state index < -0.39 is 0 Å². The number of hydrogen-bond donors (Lipinski definition) is 4. The quantitative estimate of drug-likeness (QED) is 0.227. The fourth-order valence-electron chi connectivity index (χ4n) is 3.72. The van der Waals surface area contributed by atoms with Crippen molar-refractivity contribution in [2.45, 2.75) is 33.2 Å². The molecule has 0 atom stereocenters. The summed E-state index contributed by atoms with van der Waals surface area (Å²) in [6.45, 7) is 5.66. The standard InChI is InChI=1S/C23H32N12O2/c1-13-9-15(11-36-13)5-7-27-21-29-20(26)32-23(33-21)35(4)10-17-14(2)16(12-37-17)6-8-34(3)22-30-18(24)28-19(25)31-22/h9,11-12H,5-8,10H2,1-4H3,(H4,24,25,28,30,31)(H3,26,27,29,32,33). The van der Waals surface area contributed by atoms with E-state index in [1.807, 2.05) is 43.8 Å². The second-order valence-electron chi connectivity index (χ2n) is 8.75. The highest BCUT2D eigenvalue weighted by Gasteiger charge is 2.16. The van der Waals surface area contributed by atoms with Crippen molar-refractivity contribution in [2.75, 3.05) is 59.5 Å². The van der Waals surface area contributed by atoms with Gasteiger partial charge in [0, 0.05) is 27.2 Å².